The quantitative estimate of drug-likeness (QED) is 0.259. The molecule has 0 atom stereocenters. The van der Waals surface area contributed by atoms with Gasteiger partial charge in [0.2, 0.25) is 0 Å². The smallest absolute Gasteiger partial charge is 0.0410 e. The average molecular weight is 561 g/mol. The summed E-state index contributed by atoms with van der Waals surface area (Å²) in [5.41, 5.74) is 5.26. The van der Waals surface area contributed by atoms with E-state index < -0.39 is 28.4 Å². The van der Waals surface area contributed by atoms with Crippen LogP contribution in [0.1, 0.15) is 156 Å². The summed E-state index contributed by atoms with van der Waals surface area (Å²) in [5.74, 6) is 0. The fourth-order valence-corrected chi connectivity index (χ4v) is 178. The second kappa shape index (κ2) is 11.8. The van der Waals surface area contributed by atoms with Crippen LogP contribution in [0.25, 0.3) is 0 Å². The Kier molecular flexibility index (Phi) is 9.28. The summed E-state index contributed by atoms with van der Waals surface area (Å²) in [5, 5.41) is 0. The topological polar surface area (TPSA) is 0 Å². The molecule has 1 saturated heterocycles. The lowest BCUT2D eigenvalue weighted by Crippen LogP contribution is -3.09. The van der Waals surface area contributed by atoms with Crippen LogP contribution >= 0.6 is 0 Å². The molecule has 0 spiro atoms. The third-order valence-electron chi connectivity index (χ3n) is 14.6. The number of rotatable bonds is 8. The van der Waals surface area contributed by atoms with Crippen LogP contribution in [0.15, 0.2) is 0 Å². The Bertz CT molecular complexity index is 567. The minimum Gasteiger partial charge on any atom is -0.0682 e. The van der Waals surface area contributed by atoms with E-state index >= 15 is 0 Å². The highest BCUT2D eigenvalue weighted by atomic mass is 30.2. The molecule has 0 aromatic rings. The number of hydrogen-bond acceptors (Lipinski definition) is 0. The van der Waals surface area contributed by atoms with Crippen LogP contribution < -0.4 is 0 Å². The lowest BCUT2D eigenvalue weighted by Gasteiger charge is -2.87. The Morgan fingerprint density at radius 2 is 0.472 bits per heavy atom. The monoisotopic (exact) mass is 560 g/mol. The summed E-state index contributed by atoms with van der Waals surface area (Å²) >= 11 is 0. The SMILES string of the molecule is CC[Si]1(C2CCCCC2)[Si](CC)(C2CCCCC2)[Si](CC)(C2CCCCC2)[Si]1(CC)C1CCCCC1. The van der Waals surface area contributed by atoms with Gasteiger partial charge in [-0.2, -0.15) is 0 Å². The minimum absolute atomic E-state index is 1.25. The molecule has 4 heteroatoms. The molecule has 0 unspecified atom stereocenters. The van der Waals surface area contributed by atoms with Crippen LogP contribution in [-0.2, 0) is 0 Å². The van der Waals surface area contributed by atoms with Crippen LogP contribution in [0.4, 0.5) is 0 Å². The van der Waals surface area contributed by atoms with E-state index in [1.807, 2.05) is 0 Å². The maximum Gasteiger partial charge on any atom is 0.0410 e. The standard InChI is InChI=1S/C32H64Si4/c1-5-33(29-21-13-9-14-22-29)34(6-2,30-23-15-10-16-24-30)36(8-4,32-27-19-12-20-28-32)35(33,7-3)31-25-17-11-18-26-31/h29-32H,5-28H2,1-4H3. The first-order chi connectivity index (χ1) is 17.7. The summed E-state index contributed by atoms with van der Waals surface area (Å²) in [6, 6.07) is 7.19. The van der Waals surface area contributed by atoms with Crippen molar-refractivity contribution in [1.29, 1.82) is 0 Å². The molecule has 4 aliphatic carbocycles. The Morgan fingerprint density at radius 3 is 0.611 bits per heavy atom. The molecule has 1 heterocycles. The van der Waals surface area contributed by atoms with Gasteiger partial charge in [-0.05, 0) is 22.2 Å². The highest BCUT2D eigenvalue weighted by molar-refractivity contribution is 8.15. The van der Waals surface area contributed by atoms with Crippen LogP contribution in [-0.4, -0.2) is 28.4 Å². The largest absolute Gasteiger partial charge is 0.0682 e. The molecule has 5 rings (SSSR count). The molecular formula is C32H64Si4. The van der Waals surface area contributed by atoms with Crippen molar-refractivity contribution in [2.45, 2.75) is 202 Å². The van der Waals surface area contributed by atoms with Crippen molar-refractivity contribution in [3.05, 3.63) is 0 Å². The molecule has 5 aliphatic rings. The van der Waals surface area contributed by atoms with Gasteiger partial charge in [-0.25, -0.2) is 0 Å². The molecule has 0 aromatic heterocycles. The maximum atomic E-state index is 2.89. The molecule has 36 heavy (non-hydrogen) atoms. The van der Waals surface area contributed by atoms with Gasteiger partial charge in [0.05, 0.1) is 0 Å². The molecule has 0 radical (unpaired) electrons. The molecular weight excluding hydrogens is 497 g/mol. The zero-order chi connectivity index (χ0) is 25.3. The van der Waals surface area contributed by atoms with E-state index in [0.717, 1.165) is 0 Å². The summed E-state index contributed by atoms with van der Waals surface area (Å²) < 4.78 is 0. The van der Waals surface area contributed by atoms with E-state index in [-0.39, 0.29) is 0 Å². The van der Waals surface area contributed by atoms with Crippen molar-refractivity contribution < 1.29 is 0 Å². The third kappa shape index (κ3) is 3.64. The second-order valence-corrected chi connectivity index (χ2v) is 55.9. The van der Waals surface area contributed by atoms with Gasteiger partial charge in [0.25, 0.3) is 0 Å². The van der Waals surface area contributed by atoms with Crippen molar-refractivity contribution in [2.75, 3.05) is 0 Å². The van der Waals surface area contributed by atoms with E-state index in [1.165, 1.54) is 22.2 Å². The van der Waals surface area contributed by atoms with Gasteiger partial charge in [0.15, 0.2) is 0 Å². The molecule has 208 valence electrons. The maximum absolute atomic E-state index is 2.89. The van der Waals surface area contributed by atoms with Crippen LogP contribution in [0, 0.1) is 0 Å². The molecule has 4 saturated carbocycles. The minimum atomic E-state index is -1.25. The van der Waals surface area contributed by atoms with Crippen molar-refractivity contribution in [1.82, 2.24) is 0 Å². The lowest BCUT2D eigenvalue weighted by atomic mass is 10.0. The van der Waals surface area contributed by atoms with Gasteiger partial charge in [-0.3, -0.25) is 0 Å². The van der Waals surface area contributed by atoms with E-state index in [0.29, 0.717) is 0 Å². The van der Waals surface area contributed by atoms with Gasteiger partial charge in [0.1, 0.15) is 0 Å². The second-order valence-electron chi connectivity index (χ2n) is 14.6. The van der Waals surface area contributed by atoms with Crippen LogP contribution in [0.3, 0.4) is 0 Å². The van der Waals surface area contributed by atoms with Crippen LogP contribution in [0.5, 0.6) is 0 Å². The van der Waals surface area contributed by atoms with Crippen molar-refractivity contribution in [3.8, 4) is 0 Å². The predicted octanol–water partition coefficient (Wildman–Crippen LogP) is 11.5. The fourth-order valence-electron chi connectivity index (χ4n) is 14.5. The van der Waals surface area contributed by atoms with Gasteiger partial charge in [-0.1, -0.05) is 180 Å². The van der Waals surface area contributed by atoms with E-state index in [4.69, 9.17) is 0 Å². The zero-order valence-corrected chi connectivity index (χ0v) is 29.3. The first-order valence-corrected chi connectivity index (χ1v) is 30.8. The molecule has 0 aromatic carbocycles. The summed E-state index contributed by atoms with van der Waals surface area (Å²) in [6.45, 7) is 11.5. The first kappa shape index (κ1) is 28.4. The lowest BCUT2D eigenvalue weighted by molar-refractivity contribution is 0.471. The summed E-state index contributed by atoms with van der Waals surface area (Å²) in [6.07, 6.45) is 33.1. The predicted molar refractivity (Wildman–Crippen MR) is 172 cm³/mol. The van der Waals surface area contributed by atoms with Crippen molar-refractivity contribution >= 4 is 28.4 Å². The Morgan fingerprint density at radius 1 is 0.306 bits per heavy atom. The molecule has 0 N–H and O–H groups in total. The highest BCUT2D eigenvalue weighted by Crippen LogP contribution is 2.76. The molecule has 1 aliphatic heterocycles. The zero-order valence-electron chi connectivity index (χ0n) is 25.3. The Labute approximate surface area is 230 Å². The van der Waals surface area contributed by atoms with Crippen molar-refractivity contribution in [3.63, 3.8) is 0 Å². The summed E-state index contributed by atoms with van der Waals surface area (Å²) in [4.78, 5) is 0. The normalized spacial score (nSPS) is 42.3. The fraction of sp³-hybridized carbons (Fsp3) is 1.00. The van der Waals surface area contributed by atoms with Gasteiger partial charge in [0, 0.05) is 28.4 Å². The Balaban J connectivity index is 1.78. The summed E-state index contributed by atoms with van der Waals surface area (Å²) in [7, 11) is -5.00. The van der Waals surface area contributed by atoms with E-state index in [9.17, 15) is 0 Å². The average Bonchev–Trinajstić information content (AvgIpc) is 2.96. The van der Waals surface area contributed by atoms with Gasteiger partial charge >= 0.3 is 0 Å². The van der Waals surface area contributed by atoms with Crippen molar-refractivity contribution in [2.24, 2.45) is 0 Å². The number of hydrogen-bond donors (Lipinski definition) is 0. The first-order valence-electron chi connectivity index (χ1n) is 17.7. The third-order valence-corrected chi connectivity index (χ3v) is 112. The van der Waals surface area contributed by atoms with Gasteiger partial charge in [-0.15, -0.1) is 0 Å². The molecule has 5 fully saturated rings. The van der Waals surface area contributed by atoms with Crippen LogP contribution in [0.2, 0.25) is 46.3 Å². The van der Waals surface area contributed by atoms with Gasteiger partial charge < -0.3 is 0 Å². The molecule has 0 amide bonds. The molecule has 0 bridgehead atoms. The van der Waals surface area contributed by atoms with E-state index in [2.05, 4.69) is 27.7 Å². The Hall–Kier alpha value is 0.868. The van der Waals surface area contributed by atoms with E-state index in [1.54, 1.807) is 153 Å². The highest BCUT2D eigenvalue weighted by Gasteiger charge is 2.90. The molecule has 0 nitrogen and oxygen atoms in total.